The van der Waals surface area contributed by atoms with Gasteiger partial charge in [0.1, 0.15) is 6.10 Å². The number of benzene rings is 5. The van der Waals surface area contributed by atoms with Crippen LogP contribution in [0, 0.1) is 11.8 Å². The molecule has 0 aliphatic carbocycles. The van der Waals surface area contributed by atoms with Crippen LogP contribution in [0.2, 0.25) is 0 Å². The number of ether oxygens (including phenoxy) is 5. The number of esters is 3. The average Bonchev–Trinajstić information content (AvgIpc) is 3.21. The molecule has 7 atom stereocenters. The number of hydrogen-bond donors (Lipinski definition) is 1. The normalized spacial score (nSPS) is 25.2. The molecule has 7 rings (SSSR count). The minimum Gasteiger partial charge on any atom is -0.455 e. The highest BCUT2D eigenvalue weighted by Crippen LogP contribution is 2.33. The summed E-state index contributed by atoms with van der Waals surface area (Å²) in [6, 6.07) is 37.8. The third-order valence-corrected chi connectivity index (χ3v) is 10.5. The summed E-state index contributed by atoms with van der Waals surface area (Å²) >= 11 is 0. The van der Waals surface area contributed by atoms with E-state index < -0.39 is 67.1 Å². The second-order valence-electron chi connectivity index (χ2n) is 14.3. The minimum absolute atomic E-state index is 0.0285. The third kappa shape index (κ3) is 9.31. The monoisotopic (exact) mass is 742 g/mol. The van der Waals surface area contributed by atoms with Gasteiger partial charge in [-0.1, -0.05) is 127 Å². The summed E-state index contributed by atoms with van der Waals surface area (Å²) in [6.45, 7) is -0.570. The number of aliphatic hydroxyl groups excluding tert-OH is 1. The van der Waals surface area contributed by atoms with Gasteiger partial charge in [0, 0.05) is 13.5 Å². The van der Waals surface area contributed by atoms with Gasteiger partial charge in [0.05, 0.1) is 18.4 Å². The highest BCUT2D eigenvalue weighted by molar-refractivity contribution is 5.84. The first kappa shape index (κ1) is 37.9. The molecule has 5 aromatic carbocycles. The largest absolute Gasteiger partial charge is 0.455 e. The van der Waals surface area contributed by atoms with E-state index in [-0.39, 0.29) is 6.42 Å². The van der Waals surface area contributed by atoms with E-state index in [0.717, 1.165) is 38.2 Å². The van der Waals surface area contributed by atoms with Crippen molar-refractivity contribution in [2.45, 2.75) is 69.2 Å². The zero-order valence-corrected chi connectivity index (χ0v) is 30.8. The number of carbonyl (C=O) groups excluding carboxylic acids is 3. The second-order valence-corrected chi connectivity index (χ2v) is 14.3. The van der Waals surface area contributed by atoms with Crippen LogP contribution in [-0.2, 0) is 57.3 Å². The highest BCUT2D eigenvalue weighted by atomic mass is 16.7. The van der Waals surface area contributed by atoms with E-state index in [4.69, 9.17) is 23.7 Å². The van der Waals surface area contributed by atoms with E-state index in [2.05, 4.69) is 12.1 Å². The van der Waals surface area contributed by atoms with Crippen LogP contribution in [-0.4, -0.2) is 67.4 Å². The zero-order valence-electron chi connectivity index (χ0n) is 30.8. The zero-order chi connectivity index (χ0) is 38.1. The Bertz CT molecular complexity index is 2130. The number of fused-ring (bicyclic) bond motifs is 3. The molecule has 5 aromatic rings. The molecule has 9 heteroatoms. The smallest absolute Gasteiger partial charge is 0.310 e. The van der Waals surface area contributed by atoms with Gasteiger partial charge < -0.3 is 28.8 Å². The van der Waals surface area contributed by atoms with Crippen LogP contribution < -0.4 is 0 Å². The Morgan fingerprint density at radius 1 is 0.673 bits per heavy atom. The van der Waals surface area contributed by atoms with E-state index in [1.165, 1.54) is 7.11 Å². The number of rotatable bonds is 10. The molecule has 0 aromatic heterocycles. The SMILES string of the molecule is CO[C@H]1O[C@H](CO)[C@@H](OC(=O)CCc2ccccc2)[C@@H]2OC(=O)[C@@H](Cc3ccc4ccccc4c3)C/C=C\C[C@H](Cc3ccc4ccccc4c3)C(=O)O[C@@H]12. The van der Waals surface area contributed by atoms with Gasteiger partial charge in [0.2, 0.25) is 0 Å². The van der Waals surface area contributed by atoms with Crippen molar-refractivity contribution in [3.63, 3.8) is 0 Å². The molecule has 0 amide bonds. The molecule has 1 N–H and O–H groups in total. The molecule has 0 radical (unpaired) electrons. The van der Waals surface area contributed by atoms with E-state index >= 15 is 0 Å². The van der Waals surface area contributed by atoms with Crippen molar-refractivity contribution >= 4 is 39.5 Å². The van der Waals surface area contributed by atoms with Gasteiger partial charge in [-0.05, 0) is 70.3 Å². The summed E-state index contributed by atoms with van der Waals surface area (Å²) in [5.74, 6) is -2.91. The molecular formula is C46H46O9. The van der Waals surface area contributed by atoms with E-state index in [1.807, 2.05) is 115 Å². The van der Waals surface area contributed by atoms with Gasteiger partial charge in [-0.3, -0.25) is 14.4 Å². The van der Waals surface area contributed by atoms with E-state index in [9.17, 15) is 19.5 Å². The maximum Gasteiger partial charge on any atom is 0.310 e. The molecule has 0 spiro atoms. The minimum atomic E-state index is -1.34. The van der Waals surface area contributed by atoms with Crippen LogP contribution in [0.5, 0.6) is 0 Å². The molecule has 0 unspecified atom stereocenters. The Hall–Kier alpha value is -5.35. The summed E-state index contributed by atoms with van der Waals surface area (Å²) in [5, 5.41) is 14.8. The third-order valence-electron chi connectivity index (χ3n) is 10.5. The fourth-order valence-corrected chi connectivity index (χ4v) is 7.53. The summed E-state index contributed by atoms with van der Waals surface area (Å²) in [5.41, 5.74) is 2.87. The molecule has 1 saturated heterocycles. The molecule has 2 heterocycles. The van der Waals surface area contributed by atoms with Gasteiger partial charge in [-0.15, -0.1) is 0 Å². The van der Waals surface area contributed by atoms with E-state index in [1.54, 1.807) is 0 Å². The molecule has 0 saturated carbocycles. The van der Waals surface area contributed by atoms with Crippen molar-refractivity contribution in [2.24, 2.45) is 11.8 Å². The van der Waals surface area contributed by atoms with Crippen LogP contribution in [0.3, 0.4) is 0 Å². The van der Waals surface area contributed by atoms with Crippen molar-refractivity contribution < 1.29 is 43.2 Å². The molecule has 55 heavy (non-hydrogen) atoms. The summed E-state index contributed by atoms with van der Waals surface area (Å²) in [7, 11) is 1.38. The van der Waals surface area contributed by atoms with Crippen molar-refractivity contribution in [3.8, 4) is 0 Å². The number of methoxy groups -OCH3 is 1. The Labute approximate surface area is 320 Å². The molecule has 284 valence electrons. The maximum absolute atomic E-state index is 14.3. The standard InChI is InChI=1S/C46H46O9/c1-51-46-43-42(41(39(29-47)52-46)53-40(48)24-21-30-11-3-2-4-12-30)54-44(49)37(27-31-19-22-33-13-5-7-15-35(33)25-31)17-9-10-18-38(45(50)55-43)28-32-20-23-34-14-6-8-16-36(34)26-32/h2-16,19-20,22-23,25-26,37-39,41-43,46-47H,17-18,21,24,27-29H2,1H3/b10-9-/t37-,38-,39-,41-,42+,43-,46+/m1/s1. The Morgan fingerprint density at radius 3 is 1.75 bits per heavy atom. The van der Waals surface area contributed by atoms with Crippen molar-refractivity contribution in [2.75, 3.05) is 13.7 Å². The van der Waals surface area contributed by atoms with Gasteiger partial charge in [-0.25, -0.2) is 0 Å². The average molecular weight is 743 g/mol. The summed E-state index contributed by atoms with van der Waals surface area (Å²) in [4.78, 5) is 41.9. The Morgan fingerprint density at radius 2 is 1.20 bits per heavy atom. The van der Waals surface area contributed by atoms with Crippen LogP contribution in [0.15, 0.2) is 127 Å². The number of aliphatic hydroxyl groups is 1. The van der Waals surface area contributed by atoms with Crippen molar-refractivity contribution in [1.29, 1.82) is 0 Å². The van der Waals surface area contributed by atoms with Gasteiger partial charge in [0.25, 0.3) is 0 Å². The lowest BCUT2D eigenvalue weighted by Gasteiger charge is -2.44. The van der Waals surface area contributed by atoms with Crippen LogP contribution >= 0.6 is 0 Å². The lowest BCUT2D eigenvalue weighted by molar-refractivity contribution is -0.304. The topological polar surface area (TPSA) is 118 Å². The van der Waals surface area contributed by atoms with Gasteiger partial charge >= 0.3 is 17.9 Å². The summed E-state index contributed by atoms with van der Waals surface area (Å²) < 4.78 is 30.2. The maximum atomic E-state index is 14.3. The fourth-order valence-electron chi connectivity index (χ4n) is 7.53. The lowest BCUT2D eigenvalue weighted by atomic mass is 9.91. The van der Waals surface area contributed by atoms with Crippen molar-refractivity contribution in [3.05, 3.63) is 144 Å². The molecular weight excluding hydrogens is 696 g/mol. The van der Waals surface area contributed by atoms with Crippen LogP contribution in [0.25, 0.3) is 21.5 Å². The number of hydrogen-bond acceptors (Lipinski definition) is 9. The molecule has 2 aliphatic rings. The first-order valence-electron chi connectivity index (χ1n) is 18.9. The van der Waals surface area contributed by atoms with Crippen LogP contribution in [0.1, 0.15) is 36.0 Å². The predicted molar refractivity (Wildman–Crippen MR) is 208 cm³/mol. The lowest BCUT2D eigenvalue weighted by Crippen LogP contribution is -2.63. The second kappa shape index (κ2) is 17.9. The fraction of sp³-hybridized carbons (Fsp3) is 0.326. The first-order chi connectivity index (χ1) is 26.9. The number of allylic oxidation sites excluding steroid dienone is 2. The predicted octanol–water partition coefficient (Wildman–Crippen LogP) is 7.09. The molecule has 2 aliphatic heterocycles. The van der Waals surface area contributed by atoms with E-state index in [0.29, 0.717) is 32.1 Å². The van der Waals surface area contributed by atoms with Crippen molar-refractivity contribution in [1.82, 2.24) is 0 Å². The number of aryl methyl sites for hydroxylation is 1. The Balaban J connectivity index is 1.21. The highest BCUT2D eigenvalue weighted by Gasteiger charge is 2.53. The molecule has 1 fully saturated rings. The first-order valence-corrected chi connectivity index (χ1v) is 18.9. The Kier molecular flexibility index (Phi) is 12.3. The quantitative estimate of drug-likeness (QED) is 0.0910. The van der Waals surface area contributed by atoms with Crippen LogP contribution in [0.4, 0.5) is 0 Å². The van der Waals surface area contributed by atoms with Gasteiger partial charge in [0.15, 0.2) is 24.6 Å². The van der Waals surface area contributed by atoms with Gasteiger partial charge in [-0.2, -0.15) is 0 Å². The molecule has 0 bridgehead atoms. The molecule has 9 nitrogen and oxygen atoms in total. The summed E-state index contributed by atoms with van der Waals surface area (Å²) in [6.07, 6.45) is -0.525. The number of carbonyl (C=O) groups is 3.